The lowest BCUT2D eigenvalue weighted by molar-refractivity contribution is 0.634. The molecule has 1 aliphatic carbocycles. The molecule has 0 saturated carbocycles. The van der Waals surface area contributed by atoms with Gasteiger partial charge in [-0.2, -0.15) is 0 Å². The molecular formula is C10H19N3. The monoisotopic (exact) mass is 181 g/mol. The maximum atomic E-state index is 4.34. The zero-order valence-electron chi connectivity index (χ0n) is 8.51. The van der Waals surface area contributed by atoms with Gasteiger partial charge in [0.05, 0.1) is 0 Å². The van der Waals surface area contributed by atoms with Crippen molar-refractivity contribution >= 4 is 5.96 Å². The lowest BCUT2D eigenvalue weighted by Gasteiger charge is -2.16. The van der Waals surface area contributed by atoms with E-state index in [4.69, 9.17) is 0 Å². The van der Waals surface area contributed by atoms with Crippen LogP contribution in [0.25, 0.3) is 0 Å². The van der Waals surface area contributed by atoms with Crippen LogP contribution in [0.2, 0.25) is 0 Å². The van der Waals surface area contributed by atoms with Crippen molar-refractivity contribution in [3.8, 4) is 0 Å². The second kappa shape index (κ2) is 5.62. The molecule has 2 N–H and O–H groups in total. The molecule has 0 amide bonds. The Hall–Kier alpha value is -0.990. The van der Waals surface area contributed by atoms with Crippen LogP contribution in [0.3, 0.4) is 0 Å². The minimum absolute atomic E-state index is 0.546. The first kappa shape index (κ1) is 10.1. The molecule has 0 saturated heterocycles. The van der Waals surface area contributed by atoms with Gasteiger partial charge >= 0.3 is 0 Å². The van der Waals surface area contributed by atoms with Gasteiger partial charge in [0, 0.05) is 19.1 Å². The maximum absolute atomic E-state index is 4.34. The second-order valence-electron chi connectivity index (χ2n) is 3.14. The third-order valence-electron chi connectivity index (χ3n) is 2.01. The highest BCUT2D eigenvalue weighted by molar-refractivity contribution is 5.80. The van der Waals surface area contributed by atoms with Gasteiger partial charge in [-0.3, -0.25) is 4.99 Å². The van der Waals surface area contributed by atoms with Crippen LogP contribution >= 0.6 is 0 Å². The standard InChI is InChI=1S/C10H19N3/c1-3-11-10(12-4-2)13-9-7-5-6-8-9/h5-6,9H,3-4,7-8H2,1-2H3,(H2,11,12,13). The summed E-state index contributed by atoms with van der Waals surface area (Å²) < 4.78 is 0. The van der Waals surface area contributed by atoms with Crippen molar-refractivity contribution < 1.29 is 0 Å². The summed E-state index contributed by atoms with van der Waals surface area (Å²) in [7, 11) is 0. The zero-order valence-corrected chi connectivity index (χ0v) is 8.51. The predicted molar refractivity (Wildman–Crippen MR) is 57.0 cm³/mol. The molecule has 3 heteroatoms. The van der Waals surface area contributed by atoms with Gasteiger partial charge in [0.2, 0.25) is 0 Å². The summed E-state index contributed by atoms with van der Waals surface area (Å²) in [6.45, 7) is 5.88. The highest BCUT2D eigenvalue weighted by Gasteiger charge is 2.10. The van der Waals surface area contributed by atoms with Gasteiger partial charge in [-0.1, -0.05) is 12.2 Å². The van der Waals surface area contributed by atoms with E-state index in [1.165, 1.54) is 0 Å². The molecule has 0 heterocycles. The van der Waals surface area contributed by atoms with Crippen molar-refractivity contribution in [3.63, 3.8) is 0 Å². The topological polar surface area (TPSA) is 36.4 Å². The molecule has 74 valence electrons. The first-order chi connectivity index (χ1) is 6.36. The maximum Gasteiger partial charge on any atom is 0.191 e. The first-order valence-electron chi connectivity index (χ1n) is 5.06. The van der Waals surface area contributed by atoms with Crippen LogP contribution in [0.15, 0.2) is 17.1 Å². The Morgan fingerprint density at radius 1 is 1.38 bits per heavy atom. The third kappa shape index (κ3) is 3.49. The summed E-state index contributed by atoms with van der Waals surface area (Å²) in [6, 6.07) is 0.546. The molecular weight excluding hydrogens is 162 g/mol. The van der Waals surface area contributed by atoms with Gasteiger partial charge < -0.3 is 10.6 Å². The van der Waals surface area contributed by atoms with Crippen LogP contribution in [0.5, 0.6) is 0 Å². The number of hydrogen-bond donors (Lipinski definition) is 2. The van der Waals surface area contributed by atoms with E-state index in [-0.39, 0.29) is 0 Å². The van der Waals surface area contributed by atoms with Crippen LogP contribution in [0.1, 0.15) is 26.7 Å². The average molecular weight is 181 g/mol. The molecule has 0 atom stereocenters. The quantitative estimate of drug-likeness (QED) is 0.391. The molecule has 1 rings (SSSR count). The van der Waals surface area contributed by atoms with Gasteiger partial charge in [0.25, 0.3) is 0 Å². The van der Waals surface area contributed by atoms with E-state index in [0.717, 1.165) is 31.9 Å². The molecule has 0 aromatic carbocycles. The van der Waals surface area contributed by atoms with Crippen molar-refractivity contribution in [2.45, 2.75) is 32.7 Å². The molecule has 13 heavy (non-hydrogen) atoms. The van der Waals surface area contributed by atoms with E-state index < -0.39 is 0 Å². The number of hydrogen-bond acceptors (Lipinski definition) is 1. The van der Waals surface area contributed by atoms with Crippen molar-refractivity contribution in [1.29, 1.82) is 0 Å². The molecule has 0 aromatic heterocycles. The highest BCUT2D eigenvalue weighted by atomic mass is 15.2. The predicted octanol–water partition coefficient (Wildman–Crippen LogP) is 1.28. The van der Waals surface area contributed by atoms with E-state index in [1.54, 1.807) is 0 Å². The molecule has 0 fully saturated rings. The Morgan fingerprint density at radius 2 is 2.08 bits per heavy atom. The van der Waals surface area contributed by atoms with E-state index in [1.807, 2.05) is 6.92 Å². The van der Waals surface area contributed by atoms with Gasteiger partial charge in [0.15, 0.2) is 5.96 Å². The van der Waals surface area contributed by atoms with Gasteiger partial charge in [-0.15, -0.1) is 0 Å². The summed E-state index contributed by atoms with van der Waals surface area (Å²) in [4.78, 5) is 4.34. The highest BCUT2D eigenvalue weighted by Crippen LogP contribution is 2.08. The van der Waals surface area contributed by atoms with Crippen molar-refractivity contribution in [2.75, 3.05) is 13.1 Å². The van der Waals surface area contributed by atoms with Crippen LogP contribution in [-0.4, -0.2) is 25.1 Å². The Kier molecular flexibility index (Phi) is 4.36. The van der Waals surface area contributed by atoms with Gasteiger partial charge in [-0.25, -0.2) is 0 Å². The van der Waals surface area contributed by atoms with E-state index in [2.05, 4.69) is 34.7 Å². The molecule has 0 unspecified atom stereocenters. The molecule has 0 spiro atoms. The average Bonchev–Trinajstić information content (AvgIpc) is 2.58. The second-order valence-corrected chi connectivity index (χ2v) is 3.14. The Labute approximate surface area is 80.3 Å². The summed E-state index contributed by atoms with van der Waals surface area (Å²) >= 11 is 0. The van der Waals surface area contributed by atoms with Crippen molar-refractivity contribution in [1.82, 2.24) is 10.6 Å². The normalized spacial score (nSPS) is 17.8. The summed E-state index contributed by atoms with van der Waals surface area (Å²) in [5.74, 6) is 0.943. The molecule has 1 aliphatic rings. The SMILES string of the molecule is CCN=C(NCC)NC1CC=CC1. The number of guanidine groups is 1. The van der Waals surface area contributed by atoms with Crippen LogP contribution in [0, 0.1) is 0 Å². The van der Waals surface area contributed by atoms with Crippen molar-refractivity contribution in [2.24, 2.45) is 4.99 Å². The fourth-order valence-electron chi connectivity index (χ4n) is 1.41. The zero-order chi connectivity index (χ0) is 9.52. The number of rotatable bonds is 3. The number of aliphatic imine (C=N–C) groups is 1. The lowest BCUT2D eigenvalue weighted by atomic mass is 10.2. The molecule has 3 nitrogen and oxygen atoms in total. The molecule has 0 radical (unpaired) electrons. The number of nitrogens with zero attached hydrogens (tertiary/aromatic N) is 1. The Balaban J connectivity index is 2.33. The van der Waals surface area contributed by atoms with Gasteiger partial charge in [0.1, 0.15) is 0 Å². The number of nitrogens with one attached hydrogen (secondary N) is 2. The summed E-state index contributed by atoms with van der Waals surface area (Å²) in [6.07, 6.45) is 6.67. The summed E-state index contributed by atoms with van der Waals surface area (Å²) in [5, 5.41) is 6.62. The van der Waals surface area contributed by atoms with Crippen molar-refractivity contribution in [3.05, 3.63) is 12.2 Å². The molecule has 0 aromatic rings. The van der Waals surface area contributed by atoms with E-state index in [0.29, 0.717) is 6.04 Å². The van der Waals surface area contributed by atoms with Crippen LogP contribution in [0.4, 0.5) is 0 Å². The Morgan fingerprint density at radius 3 is 2.62 bits per heavy atom. The lowest BCUT2D eigenvalue weighted by Crippen LogP contribution is -2.42. The fraction of sp³-hybridized carbons (Fsp3) is 0.700. The van der Waals surface area contributed by atoms with Gasteiger partial charge in [-0.05, 0) is 26.7 Å². The smallest absolute Gasteiger partial charge is 0.191 e. The minimum atomic E-state index is 0.546. The Bertz CT molecular complexity index is 188. The van der Waals surface area contributed by atoms with Crippen LogP contribution < -0.4 is 10.6 Å². The third-order valence-corrected chi connectivity index (χ3v) is 2.01. The van der Waals surface area contributed by atoms with E-state index >= 15 is 0 Å². The largest absolute Gasteiger partial charge is 0.357 e. The minimum Gasteiger partial charge on any atom is -0.357 e. The molecule has 0 bridgehead atoms. The van der Waals surface area contributed by atoms with Crippen LogP contribution in [-0.2, 0) is 0 Å². The fourth-order valence-corrected chi connectivity index (χ4v) is 1.41. The first-order valence-corrected chi connectivity index (χ1v) is 5.06. The van der Waals surface area contributed by atoms with E-state index in [9.17, 15) is 0 Å². The molecule has 0 aliphatic heterocycles. The summed E-state index contributed by atoms with van der Waals surface area (Å²) in [5.41, 5.74) is 0.